The summed E-state index contributed by atoms with van der Waals surface area (Å²) in [6.45, 7) is 0.572. The second kappa shape index (κ2) is 8.14. The molecule has 0 heterocycles. The molecule has 0 bridgehead atoms. The van der Waals surface area contributed by atoms with E-state index in [0.29, 0.717) is 24.9 Å². The molecular formula is C17H20N2O3. The summed E-state index contributed by atoms with van der Waals surface area (Å²) in [5.41, 5.74) is 2.28. The van der Waals surface area contributed by atoms with Crippen LogP contribution in [0.4, 0.5) is 0 Å². The lowest BCUT2D eigenvalue weighted by atomic mass is 10.0. The molecule has 0 spiro atoms. The van der Waals surface area contributed by atoms with E-state index in [1.807, 2.05) is 42.5 Å². The Hall–Kier alpha value is -2.40. The maximum absolute atomic E-state index is 12.2. The average molecular weight is 300 g/mol. The average Bonchev–Trinajstić information content (AvgIpc) is 2.56. The van der Waals surface area contributed by atoms with E-state index < -0.39 is 0 Å². The van der Waals surface area contributed by atoms with Crippen molar-refractivity contribution < 1.29 is 14.8 Å². The zero-order chi connectivity index (χ0) is 15.8. The summed E-state index contributed by atoms with van der Waals surface area (Å²) in [7, 11) is 0. The SMILES string of the molecule is O=C(CCCCCNC(=O)c1cccc2ccccc12)NO. The first-order chi connectivity index (χ1) is 10.7. The van der Waals surface area contributed by atoms with Crippen LogP contribution in [0.25, 0.3) is 10.8 Å². The van der Waals surface area contributed by atoms with Gasteiger partial charge in [0.15, 0.2) is 0 Å². The van der Waals surface area contributed by atoms with E-state index in [4.69, 9.17) is 5.21 Å². The molecule has 2 rings (SSSR count). The molecule has 5 heteroatoms. The zero-order valence-corrected chi connectivity index (χ0v) is 12.3. The Labute approximate surface area is 129 Å². The predicted molar refractivity (Wildman–Crippen MR) is 84.7 cm³/mol. The van der Waals surface area contributed by atoms with Crippen LogP contribution in [0.5, 0.6) is 0 Å². The third-order valence-corrected chi connectivity index (χ3v) is 3.53. The summed E-state index contributed by atoms with van der Waals surface area (Å²) in [5, 5.41) is 13.3. The summed E-state index contributed by atoms with van der Waals surface area (Å²) in [4.78, 5) is 23.1. The number of fused-ring (bicyclic) bond motifs is 1. The van der Waals surface area contributed by atoms with Crippen LogP contribution in [0.1, 0.15) is 36.0 Å². The Morgan fingerprint density at radius 2 is 1.73 bits per heavy atom. The van der Waals surface area contributed by atoms with Crippen molar-refractivity contribution in [2.24, 2.45) is 0 Å². The van der Waals surface area contributed by atoms with Crippen molar-refractivity contribution in [2.75, 3.05) is 6.54 Å². The molecule has 0 saturated carbocycles. The van der Waals surface area contributed by atoms with Crippen molar-refractivity contribution in [2.45, 2.75) is 25.7 Å². The standard InChI is InChI=1S/C17H20N2O3/c20-16(19-22)11-2-1-5-12-18-17(21)15-10-6-8-13-7-3-4-9-14(13)15/h3-4,6-10,22H,1-2,5,11-12H2,(H,18,21)(H,19,20). The van der Waals surface area contributed by atoms with Gasteiger partial charge in [0.05, 0.1) is 0 Å². The molecule has 0 saturated heterocycles. The molecule has 2 amide bonds. The molecule has 5 nitrogen and oxygen atoms in total. The number of hydrogen-bond donors (Lipinski definition) is 3. The van der Waals surface area contributed by atoms with Gasteiger partial charge in [-0.2, -0.15) is 0 Å². The number of hydrogen-bond acceptors (Lipinski definition) is 3. The van der Waals surface area contributed by atoms with Gasteiger partial charge in [-0.1, -0.05) is 42.8 Å². The molecular weight excluding hydrogens is 280 g/mol. The summed E-state index contributed by atoms with van der Waals surface area (Å²) < 4.78 is 0. The van der Waals surface area contributed by atoms with Crippen LogP contribution in [0.15, 0.2) is 42.5 Å². The molecule has 2 aromatic rings. The van der Waals surface area contributed by atoms with Gasteiger partial charge in [0, 0.05) is 18.5 Å². The molecule has 0 radical (unpaired) electrons. The van der Waals surface area contributed by atoms with Crippen LogP contribution in [0.3, 0.4) is 0 Å². The summed E-state index contributed by atoms with van der Waals surface area (Å²) in [5.74, 6) is -0.454. The van der Waals surface area contributed by atoms with Gasteiger partial charge in [-0.25, -0.2) is 5.48 Å². The molecule has 116 valence electrons. The first kappa shape index (κ1) is 16.0. The third kappa shape index (κ3) is 4.30. The lowest BCUT2D eigenvalue weighted by Crippen LogP contribution is -2.24. The highest BCUT2D eigenvalue weighted by Gasteiger charge is 2.08. The van der Waals surface area contributed by atoms with Gasteiger partial charge in [-0.3, -0.25) is 14.8 Å². The minimum Gasteiger partial charge on any atom is -0.352 e. The molecule has 0 fully saturated rings. The van der Waals surface area contributed by atoms with Crippen molar-refractivity contribution in [1.29, 1.82) is 0 Å². The van der Waals surface area contributed by atoms with Gasteiger partial charge >= 0.3 is 0 Å². The summed E-state index contributed by atoms with van der Waals surface area (Å²) in [6, 6.07) is 13.5. The molecule has 0 aromatic heterocycles. The summed E-state index contributed by atoms with van der Waals surface area (Å²) in [6.07, 6.45) is 2.61. The molecule has 22 heavy (non-hydrogen) atoms. The van der Waals surface area contributed by atoms with Crippen molar-refractivity contribution in [3.8, 4) is 0 Å². The van der Waals surface area contributed by atoms with E-state index in [1.54, 1.807) is 5.48 Å². The lowest BCUT2D eigenvalue weighted by Gasteiger charge is -2.08. The quantitative estimate of drug-likeness (QED) is 0.418. The molecule has 0 aliphatic rings. The van der Waals surface area contributed by atoms with E-state index in [1.165, 1.54) is 0 Å². The Balaban J connectivity index is 1.81. The van der Waals surface area contributed by atoms with E-state index >= 15 is 0 Å². The fourth-order valence-electron chi connectivity index (χ4n) is 2.36. The number of benzene rings is 2. The minimum atomic E-state index is -0.375. The van der Waals surface area contributed by atoms with E-state index in [2.05, 4.69) is 5.32 Å². The highest BCUT2D eigenvalue weighted by molar-refractivity contribution is 6.06. The Bertz CT molecular complexity index is 650. The molecule has 3 N–H and O–H groups in total. The highest BCUT2D eigenvalue weighted by Crippen LogP contribution is 2.18. The fraction of sp³-hybridized carbons (Fsp3) is 0.294. The monoisotopic (exact) mass is 300 g/mol. The van der Waals surface area contributed by atoms with E-state index in [-0.39, 0.29) is 11.8 Å². The lowest BCUT2D eigenvalue weighted by molar-refractivity contribution is -0.129. The Kier molecular flexibility index (Phi) is 5.91. The number of rotatable bonds is 7. The molecule has 0 unspecified atom stereocenters. The van der Waals surface area contributed by atoms with E-state index in [9.17, 15) is 9.59 Å². The van der Waals surface area contributed by atoms with Crippen LogP contribution >= 0.6 is 0 Å². The second-order valence-corrected chi connectivity index (χ2v) is 5.13. The maximum Gasteiger partial charge on any atom is 0.251 e. The number of carbonyl (C=O) groups excluding carboxylic acids is 2. The van der Waals surface area contributed by atoms with Crippen LogP contribution in [-0.2, 0) is 4.79 Å². The Morgan fingerprint density at radius 1 is 0.955 bits per heavy atom. The number of amides is 2. The van der Waals surface area contributed by atoms with Crippen molar-refractivity contribution in [3.05, 3.63) is 48.0 Å². The van der Waals surface area contributed by atoms with Crippen LogP contribution < -0.4 is 10.8 Å². The van der Waals surface area contributed by atoms with Crippen LogP contribution in [0, 0.1) is 0 Å². The largest absolute Gasteiger partial charge is 0.352 e. The molecule has 0 aliphatic heterocycles. The van der Waals surface area contributed by atoms with Gasteiger partial charge in [0.25, 0.3) is 5.91 Å². The van der Waals surface area contributed by atoms with Crippen molar-refractivity contribution in [1.82, 2.24) is 10.8 Å². The van der Waals surface area contributed by atoms with E-state index in [0.717, 1.165) is 23.6 Å². The number of hydroxylamine groups is 1. The highest BCUT2D eigenvalue weighted by atomic mass is 16.5. The predicted octanol–water partition coefficient (Wildman–Crippen LogP) is 2.64. The van der Waals surface area contributed by atoms with Gasteiger partial charge in [-0.05, 0) is 29.7 Å². The van der Waals surface area contributed by atoms with Gasteiger partial charge < -0.3 is 5.32 Å². The Morgan fingerprint density at radius 3 is 2.55 bits per heavy atom. The number of unbranched alkanes of at least 4 members (excludes halogenated alkanes) is 2. The van der Waals surface area contributed by atoms with Crippen molar-refractivity contribution in [3.63, 3.8) is 0 Å². The van der Waals surface area contributed by atoms with Gasteiger partial charge in [-0.15, -0.1) is 0 Å². The minimum absolute atomic E-state index is 0.0788. The number of nitrogens with one attached hydrogen (secondary N) is 2. The molecule has 2 aromatic carbocycles. The fourth-order valence-corrected chi connectivity index (χ4v) is 2.36. The first-order valence-corrected chi connectivity index (χ1v) is 7.41. The van der Waals surface area contributed by atoms with Gasteiger partial charge in [0.2, 0.25) is 5.91 Å². The second-order valence-electron chi connectivity index (χ2n) is 5.13. The number of carbonyl (C=O) groups is 2. The van der Waals surface area contributed by atoms with Gasteiger partial charge in [0.1, 0.15) is 0 Å². The normalized spacial score (nSPS) is 10.4. The molecule has 0 aliphatic carbocycles. The van der Waals surface area contributed by atoms with Crippen LogP contribution in [-0.4, -0.2) is 23.6 Å². The molecule has 0 atom stereocenters. The maximum atomic E-state index is 12.2. The zero-order valence-electron chi connectivity index (χ0n) is 12.3. The third-order valence-electron chi connectivity index (χ3n) is 3.53. The first-order valence-electron chi connectivity index (χ1n) is 7.41. The summed E-state index contributed by atoms with van der Waals surface area (Å²) >= 11 is 0. The van der Waals surface area contributed by atoms with Crippen molar-refractivity contribution >= 4 is 22.6 Å². The smallest absolute Gasteiger partial charge is 0.251 e. The topological polar surface area (TPSA) is 78.4 Å². The van der Waals surface area contributed by atoms with Crippen LogP contribution in [0.2, 0.25) is 0 Å².